The van der Waals surface area contributed by atoms with Crippen molar-refractivity contribution < 1.29 is 13.2 Å². The normalized spacial score (nSPS) is 18.0. The van der Waals surface area contributed by atoms with Crippen molar-refractivity contribution in [3.63, 3.8) is 0 Å². The second-order valence-electron chi connectivity index (χ2n) is 7.69. The first-order valence-corrected chi connectivity index (χ1v) is 11.6. The van der Waals surface area contributed by atoms with Crippen LogP contribution >= 0.6 is 0 Å². The van der Waals surface area contributed by atoms with Crippen LogP contribution in [0.25, 0.3) is 6.08 Å². The summed E-state index contributed by atoms with van der Waals surface area (Å²) in [5, 5.41) is 2.98. The van der Waals surface area contributed by atoms with Crippen molar-refractivity contribution in [1.29, 1.82) is 0 Å². The number of rotatable bonds is 5. The maximum atomic E-state index is 13.1. The van der Waals surface area contributed by atoms with Crippen LogP contribution in [0.2, 0.25) is 0 Å². The van der Waals surface area contributed by atoms with Crippen LogP contribution in [0.3, 0.4) is 0 Å². The van der Waals surface area contributed by atoms with Gasteiger partial charge in [-0.15, -0.1) is 0 Å². The standard InChI is InChI=1S/C23H26N2O3S/c26-23(24-17-18-6-2-1-3-7-18)20-12-14-25(15-13-20)29(27,28)22-11-10-19-8-4-5-9-21(19)16-22/h1-9,16,20H,10-15,17H2,(H,24,26). The molecule has 0 saturated carbocycles. The van der Waals surface area contributed by atoms with Crippen LogP contribution in [0.5, 0.6) is 0 Å². The summed E-state index contributed by atoms with van der Waals surface area (Å²) in [4.78, 5) is 13.0. The molecule has 1 N–H and O–H groups in total. The van der Waals surface area contributed by atoms with Crippen LogP contribution in [0.4, 0.5) is 0 Å². The summed E-state index contributed by atoms with van der Waals surface area (Å²) < 4.78 is 27.7. The van der Waals surface area contributed by atoms with Gasteiger partial charge in [0.15, 0.2) is 0 Å². The highest BCUT2D eigenvalue weighted by molar-refractivity contribution is 7.93. The smallest absolute Gasteiger partial charge is 0.239 e. The molecular formula is C23H26N2O3S. The third-order valence-corrected chi connectivity index (χ3v) is 7.85. The number of hydrogen-bond acceptors (Lipinski definition) is 3. The van der Waals surface area contributed by atoms with E-state index in [-0.39, 0.29) is 11.8 Å². The minimum Gasteiger partial charge on any atom is -0.352 e. The Hall–Kier alpha value is -2.44. The fourth-order valence-corrected chi connectivity index (χ4v) is 5.72. The van der Waals surface area contributed by atoms with E-state index in [4.69, 9.17) is 0 Å². The molecular weight excluding hydrogens is 384 g/mol. The van der Waals surface area contributed by atoms with Gasteiger partial charge >= 0.3 is 0 Å². The highest BCUT2D eigenvalue weighted by Gasteiger charge is 2.33. The average molecular weight is 411 g/mol. The molecule has 1 saturated heterocycles. The molecule has 6 heteroatoms. The number of nitrogens with one attached hydrogen (secondary N) is 1. The number of carbonyl (C=O) groups is 1. The Morgan fingerprint density at radius 1 is 0.966 bits per heavy atom. The number of carbonyl (C=O) groups excluding carboxylic acids is 1. The lowest BCUT2D eigenvalue weighted by molar-refractivity contribution is -0.126. The van der Waals surface area contributed by atoms with Gasteiger partial charge in [-0.05, 0) is 48.4 Å². The molecule has 29 heavy (non-hydrogen) atoms. The maximum absolute atomic E-state index is 13.1. The minimum absolute atomic E-state index is 0.0108. The molecule has 0 bridgehead atoms. The Bertz CT molecular complexity index is 1010. The van der Waals surface area contributed by atoms with Crippen LogP contribution in [0.15, 0.2) is 59.5 Å². The molecule has 2 aliphatic rings. The summed E-state index contributed by atoms with van der Waals surface area (Å²) in [6, 6.07) is 17.7. The van der Waals surface area contributed by atoms with Crippen molar-refractivity contribution >= 4 is 22.0 Å². The van der Waals surface area contributed by atoms with Crippen LogP contribution in [0.1, 0.15) is 36.0 Å². The van der Waals surface area contributed by atoms with E-state index in [1.165, 1.54) is 5.56 Å². The quantitative estimate of drug-likeness (QED) is 0.822. The monoisotopic (exact) mass is 410 g/mol. The molecule has 1 aliphatic heterocycles. The van der Waals surface area contributed by atoms with Gasteiger partial charge in [0, 0.05) is 25.6 Å². The zero-order valence-corrected chi connectivity index (χ0v) is 17.2. The molecule has 4 rings (SSSR count). The molecule has 0 radical (unpaired) electrons. The first-order chi connectivity index (χ1) is 14.0. The molecule has 1 amide bonds. The number of nitrogens with zero attached hydrogens (tertiary/aromatic N) is 1. The van der Waals surface area contributed by atoms with Crippen molar-refractivity contribution in [3.05, 3.63) is 76.2 Å². The fraction of sp³-hybridized carbons (Fsp3) is 0.348. The van der Waals surface area contributed by atoms with Gasteiger partial charge < -0.3 is 5.32 Å². The molecule has 0 aromatic heterocycles. The van der Waals surface area contributed by atoms with E-state index < -0.39 is 10.0 Å². The fourth-order valence-electron chi connectivity index (χ4n) is 4.06. The van der Waals surface area contributed by atoms with Gasteiger partial charge in [-0.1, -0.05) is 54.6 Å². The minimum atomic E-state index is -3.47. The van der Waals surface area contributed by atoms with E-state index in [2.05, 4.69) is 11.4 Å². The number of hydrogen-bond donors (Lipinski definition) is 1. The molecule has 152 valence electrons. The molecule has 1 aliphatic carbocycles. The Morgan fingerprint density at radius 2 is 1.66 bits per heavy atom. The van der Waals surface area contributed by atoms with Crippen molar-refractivity contribution in [2.75, 3.05) is 13.1 Å². The predicted octanol–water partition coefficient (Wildman–Crippen LogP) is 3.33. The number of aryl methyl sites for hydroxylation is 1. The second kappa shape index (κ2) is 8.51. The van der Waals surface area contributed by atoms with Crippen LogP contribution in [-0.4, -0.2) is 31.7 Å². The van der Waals surface area contributed by atoms with E-state index in [1.54, 1.807) is 4.31 Å². The average Bonchev–Trinajstić information content (AvgIpc) is 2.78. The molecule has 0 unspecified atom stereocenters. The van der Waals surface area contributed by atoms with E-state index in [1.807, 2.05) is 54.6 Å². The number of benzene rings is 2. The first kappa shape index (κ1) is 19.9. The van der Waals surface area contributed by atoms with Gasteiger partial charge in [0.1, 0.15) is 0 Å². The molecule has 5 nitrogen and oxygen atoms in total. The summed E-state index contributed by atoms with van der Waals surface area (Å²) in [6.45, 7) is 1.29. The molecule has 1 heterocycles. The van der Waals surface area contributed by atoms with Gasteiger partial charge in [-0.2, -0.15) is 4.31 Å². The Kier molecular flexibility index (Phi) is 5.83. The summed E-state index contributed by atoms with van der Waals surface area (Å²) >= 11 is 0. The number of fused-ring (bicyclic) bond motifs is 1. The molecule has 2 aromatic rings. The third-order valence-electron chi connectivity index (χ3n) is 5.82. The SMILES string of the molecule is O=C(NCc1ccccc1)C1CCN(S(=O)(=O)C2=Cc3ccccc3CC2)CC1. The van der Waals surface area contributed by atoms with Crippen molar-refractivity contribution in [2.45, 2.75) is 32.2 Å². The number of piperidine rings is 1. The summed E-state index contributed by atoms with van der Waals surface area (Å²) in [6.07, 6.45) is 4.22. The van der Waals surface area contributed by atoms with Crippen LogP contribution < -0.4 is 5.32 Å². The van der Waals surface area contributed by atoms with Gasteiger partial charge in [0.25, 0.3) is 0 Å². The zero-order valence-electron chi connectivity index (χ0n) is 16.4. The Morgan fingerprint density at radius 3 is 2.41 bits per heavy atom. The Labute approximate surface area is 172 Å². The summed E-state index contributed by atoms with van der Waals surface area (Å²) in [5.74, 6) is -0.122. The lowest BCUT2D eigenvalue weighted by Gasteiger charge is -2.32. The lowest BCUT2D eigenvalue weighted by atomic mass is 9.97. The largest absolute Gasteiger partial charge is 0.352 e. The highest BCUT2D eigenvalue weighted by Crippen LogP contribution is 2.31. The van der Waals surface area contributed by atoms with Gasteiger partial charge in [-0.3, -0.25) is 4.79 Å². The van der Waals surface area contributed by atoms with E-state index in [0.29, 0.717) is 43.8 Å². The number of sulfonamides is 1. The lowest BCUT2D eigenvalue weighted by Crippen LogP contribution is -2.43. The predicted molar refractivity (Wildman–Crippen MR) is 114 cm³/mol. The van der Waals surface area contributed by atoms with Crippen molar-refractivity contribution in [1.82, 2.24) is 9.62 Å². The maximum Gasteiger partial charge on any atom is 0.239 e. The molecule has 0 atom stereocenters. The van der Waals surface area contributed by atoms with Gasteiger partial charge in [0.05, 0.1) is 4.91 Å². The van der Waals surface area contributed by atoms with E-state index in [0.717, 1.165) is 17.5 Å². The first-order valence-electron chi connectivity index (χ1n) is 10.1. The van der Waals surface area contributed by atoms with Gasteiger partial charge in [-0.25, -0.2) is 8.42 Å². The van der Waals surface area contributed by atoms with E-state index in [9.17, 15) is 13.2 Å². The molecule has 1 fully saturated rings. The van der Waals surface area contributed by atoms with Crippen LogP contribution in [-0.2, 0) is 27.8 Å². The van der Waals surface area contributed by atoms with Gasteiger partial charge in [0.2, 0.25) is 15.9 Å². The number of amides is 1. The zero-order chi connectivity index (χ0) is 20.3. The Balaban J connectivity index is 1.35. The highest BCUT2D eigenvalue weighted by atomic mass is 32.2. The van der Waals surface area contributed by atoms with Crippen molar-refractivity contribution in [3.8, 4) is 0 Å². The number of allylic oxidation sites excluding steroid dienone is 1. The molecule has 2 aromatic carbocycles. The summed E-state index contributed by atoms with van der Waals surface area (Å²) in [5.41, 5.74) is 3.25. The third kappa shape index (κ3) is 4.43. The summed E-state index contributed by atoms with van der Waals surface area (Å²) in [7, 11) is -3.47. The topological polar surface area (TPSA) is 66.5 Å². The van der Waals surface area contributed by atoms with E-state index >= 15 is 0 Å². The van der Waals surface area contributed by atoms with Crippen molar-refractivity contribution in [2.24, 2.45) is 5.92 Å². The molecule has 0 spiro atoms. The second-order valence-corrected chi connectivity index (χ2v) is 9.68. The van der Waals surface area contributed by atoms with Crippen LogP contribution in [0, 0.1) is 5.92 Å².